The smallest absolute Gasteiger partial charge is 0 e. The van der Waals surface area contributed by atoms with E-state index in [1.165, 1.54) is 16.3 Å². The zero-order chi connectivity index (χ0) is 9.26. The average molecular weight is 193 g/mol. The molecule has 2 aromatic rings. The number of hydrogen-bond donors (Lipinski definition) is 0. The Balaban J connectivity index is 0.000000980. The van der Waals surface area contributed by atoms with Crippen molar-refractivity contribution in [2.24, 2.45) is 0 Å². The standard InChI is InChI=1S/C13H14.Na/c1-10(2)12-9-5-7-11-6-3-4-8-13(11)12;/h3-10H,1-2H3;. The SMILES string of the molecule is CC(C)c1cccc2ccccc12.[Na]. The van der Waals surface area contributed by atoms with Crippen LogP contribution in [0.5, 0.6) is 0 Å². The minimum absolute atomic E-state index is 0. The molecule has 0 heterocycles. The maximum absolute atomic E-state index is 2.24. The maximum atomic E-state index is 2.24. The number of rotatable bonds is 1. The van der Waals surface area contributed by atoms with Crippen molar-refractivity contribution in [3.63, 3.8) is 0 Å². The summed E-state index contributed by atoms with van der Waals surface area (Å²) in [6, 6.07) is 15.1. The van der Waals surface area contributed by atoms with Gasteiger partial charge in [0.15, 0.2) is 0 Å². The van der Waals surface area contributed by atoms with Crippen LogP contribution in [0.2, 0.25) is 0 Å². The Kier molecular flexibility index (Phi) is 4.18. The summed E-state index contributed by atoms with van der Waals surface area (Å²) in [5, 5.41) is 2.73. The molecule has 0 saturated carbocycles. The number of benzene rings is 2. The molecular weight excluding hydrogens is 179 g/mol. The third kappa shape index (κ3) is 2.20. The van der Waals surface area contributed by atoms with Crippen molar-refractivity contribution < 1.29 is 0 Å². The Morgan fingerprint density at radius 3 is 2.21 bits per heavy atom. The van der Waals surface area contributed by atoms with E-state index >= 15 is 0 Å². The molecule has 0 N–H and O–H groups in total. The largest absolute Gasteiger partial charge is 0.0616 e. The summed E-state index contributed by atoms with van der Waals surface area (Å²) in [6.45, 7) is 4.48. The molecule has 2 aromatic carbocycles. The molecule has 0 aliphatic carbocycles. The van der Waals surface area contributed by atoms with E-state index in [0.29, 0.717) is 5.92 Å². The second kappa shape index (κ2) is 4.97. The Bertz CT molecular complexity index is 413. The third-order valence-electron chi connectivity index (χ3n) is 2.45. The van der Waals surface area contributed by atoms with Gasteiger partial charge in [0.2, 0.25) is 0 Å². The van der Waals surface area contributed by atoms with Gasteiger partial charge in [-0.1, -0.05) is 56.3 Å². The van der Waals surface area contributed by atoms with Crippen molar-refractivity contribution in [2.45, 2.75) is 19.8 Å². The van der Waals surface area contributed by atoms with E-state index in [0.717, 1.165) is 0 Å². The molecule has 0 aromatic heterocycles. The molecule has 1 radical (unpaired) electrons. The van der Waals surface area contributed by atoms with Crippen LogP contribution in [0.25, 0.3) is 10.8 Å². The van der Waals surface area contributed by atoms with Crippen LogP contribution in [-0.2, 0) is 0 Å². The maximum Gasteiger partial charge on any atom is 0 e. The van der Waals surface area contributed by atoms with Gasteiger partial charge in [-0.05, 0) is 22.3 Å². The molecule has 0 unspecified atom stereocenters. The van der Waals surface area contributed by atoms with Crippen molar-refractivity contribution in [2.75, 3.05) is 0 Å². The van der Waals surface area contributed by atoms with Crippen molar-refractivity contribution in [1.82, 2.24) is 0 Å². The molecular formula is C13H14Na. The van der Waals surface area contributed by atoms with E-state index in [4.69, 9.17) is 0 Å². The normalized spacial score (nSPS) is 10.2. The van der Waals surface area contributed by atoms with Crippen LogP contribution in [-0.4, -0.2) is 29.6 Å². The predicted molar refractivity (Wildman–Crippen MR) is 63.8 cm³/mol. The molecule has 2 rings (SSSR count). The molecule has 14 heavy (non-hydrogen) atoms. The summed E-state index contributed by atoms with van der Waals surface area (Å²) in [5.74, 6) is 0.603. The van der Waals surface area contributed by atoms with E-state index in [9.17, 15) is 0 Å². The fourth-order valence-corrected chi connectivity index (χ4v) is 1.75. The summed E-state index contributed by atoms with van der Waals surface area (Å²) >= 11 is 0. The van der Waals surface area contributed by atoms with Gasteiger partial charge >= 0.3 is 0 Å². The number of fused-ring (bicyclic) bond motifs is 1. The minimum Gasteiger partial charge on any atom is -0.0616 e. The molecule has 0 atom stereocenters. The summed E-state index contributed by atoms with van der Waals surface area (Å²) in [5.41, 5.74) is 1.44. The molecule has 0 bridgehead atoms. The first-order chi connectivity index (χ1) is 6.29. The van der Waals surface area contributed by atoms with E-state index < -0.39 is 0 Å². The average Bonchev–Trinajstić information content (AvgIpc) is 2.17. The number of hydrogen-bond acceptors (Lipinski definition) is 0. The molecule has 0 fully saturated rings. The fourth-order valence-electron chi connectivity index (χ4n) is 1.75. The van der Waals surface area contributed by atoms with Gasteiger partial charge in [-0.15, -0.1) is 0 Å². The van der Waals surface area contributed by atoms with Gasteiger partial charge in [0.05, 0.1) is 0 Å². The van der Waals surface area contributed by atoms with Gasteiger partial charge in [0.25, 0.3) is 0 Å². The zero-order valence-corrected chi connectivity index (χ0v) is 11.1. The van der Waals surface area contributed by atoms with E-state index in [-0.39, 0.29) is 29.6 Å². The zero-order valence-electron chi connectivity index (χ0n) is 9.12. The van der Waals surface area contributed by atoms with Crippen molar-refractivity contribution >= 4 is 40.3 Å². The van der Waals surface area contributed by atoms with Crippen LogP contribution in [0.1, 0.15) is 25.3 Å². The summed E-state index contributed by atoms with van der Waals surface area (Å²) in [4.78, 5) is 0. The molecule has 0 aliphatic heterocycles. The summed E-state index contributed by atoms with van der Waals surface area (Å²) in [7, 11) is 0. The fraction of sp³-hybridized carbons (Fsp3) is 0.231. The minimum atomic E-state index is 0. The van der Waals surface area contributed by atoms with Gasteiger partial charge in [0, 0.05) is 29.6 Å². The Hall–Kier alpha value is -0.300. The molecule has 0 nitrogen and oxygen atoms in total. The monoisotopic (exact) mass is 193 g/mol. The predicted octanol–water partition coefficient (Wildman–Crippen LogP) is 3.58. The van der Waals surface area contributed by atoms with Crippen LogP contribution in [0.4, 0.5) is 0 Å². The van der Waals surface area contributed by atoms with Crippen LogP contribution in [0.15, 0.2) is 42.5 Å². The van der Waals surface area contributed by atoms with Crippen LogP contribution in [0, 0.1) is 0 Å². The van der Waals surface area contributed by atoms with Gasteiger partial charge in [-0.25, -0.2) is 0 Å². The Labute approximate surface area is 108 Å². The first-order valence-electron chi connectivity index (χ1n) is 4.76. The molecule has 67 valence electrons. The molecule has 0 spiro atoms. The Morgan fingerprint density at radius 1 is 0.857 bits per heavy atom. The second-order valence-electron chi connectivity index (χ2n) is 3.72. The summed E-state index contributed by atoms with van der Waals surface area (Å²) < 4.78 is 0. The van der Waals surface area contributed by atoms with Crippen molar-refractivity contribution in [3.05, 3.63) is 48.0 Å². The second-order valence-corrected chi connectivity index (χ2v) is 3.72. The van der Waals surface area contributed by atoms with Crippen molar-refractivity contribution in [3.8, 4) is 0 Å². The van der Waals surface area contributed by atoms with Gasteiger partial charge in [-0.3, -0.25) is 0 Å². The third-order valence-corrected chi connectivity index (χ3v) is 2.45. The molecule has 1 heteroatoms. The topological polar surface area (TPSA) is 0 Å². The van der Waals surface area contributed by atoms with Gasteiger partial charge in [0.1, 0.15) is 0 Å². The molecule has 0 saturated heterocycles. The van der Waals surface area contributed by atoms with E-state index in [1.54, 1.807) is 0 Å². The van der Waals surface area contributed by atoms with Crippen LogP contribution >= 0.6 is 0 Å². The summed E-state index contributed by atoms with van der Waals surface area (Å²) in [6.07, 6.45) is 0. The first kappa shape index (κ1) is 11.8. The van der Waals surface area contributed by atoms with Crippen molar-refractivity contribution in [1.29, 1.82) is 0 Å². The quantitative estimate of drug-likeness (QED) is 0.607. The van der Waals surface area contributed by atoms with Gasteiger partial charge < -0.3 is 0 Å². The molecule has 0 amide bonds. The molecule has 0 aliphatic rings. The van der Waals surface area contributed by atoms with Crippen LogP contribution in [0.3, 0.4) is 0 Å². The Morgan fingerprint density at radius 2 is 1.50 bits per heavy atom. The van der Waals surface area contributed by atoms with Gasteiger partial charge in [-0.2, -0.15) is 0 Å². The first-order valence-corrected chi connectivity index (χ1v) is 4.76. The van der Waals surface area contributed by atoms with E-state index in [2.05, 4.69) is 56.3 Å². The van der Waals surface area contributed by atoms with Crippen LogP contribution < -0.4 is 0 Å². The van der Waals surface area contributed by atoms with E-state index in [1.807, 2.05) is 0 Å².